The summed E-state index contributed by atoms with van der Waals surface area (Å²) in [6, 6.07) is 1.17. The Hall–Kier alpha value is -3.61. The van der Waals surface area contributed by atoms with Crippen LogP contribution in [0.1, 0.15) is 44.1 Å². The van der Waals surface area contributed by atoms with Gasteiger partial charge in [-0.25, -0.2) is 22.4 Å². The maximum absolute atomic E-state index is 15.3. The lowest BCUT2D eigenvalue weighted by molar-refractivity contribution is -0.118. The molecule has 3 atom stereocenters. The fourth-order valence-electron chi connectivity index (χ4n) is 5.71. The summed E-state index contributed by atoms with van der Waals surface area (Å²) >= 11 is 0. The monoisotopic (exact) mass is 568 g/mol. The zero-order chi connectivity index (χ0) is 29.1. The van der Waals surface area contributed by atoms with Gasteiger partial charge in [-0.2, -0.15) is 0 Å². The summed E-state index contributed by atoms with van der Waals surface area (Å²) < 4.78 is 62.7. The third-order valence-electron chi connectivity index (χ3n) is 7.76. The van der Waals surface area contributed by atoms with Gasteiger partial charge < -0.3 is 29.9 Å². The zero-order valence-corrected chi connectivity index (χ0v) is 22.1. The fraction of sp³-hybridized carbons (Fsp3) is 0.519. The molecule has 2 aromatic rings. The summed E-state index contributed by atoms with van der Waals surface area (Å²) in [7, 11) is 1.24. The number of pyridine rings is 1. The second-order valence-electron chi connectivity index (χ2n) is 10.1. The van der Waals surface area contributed by atoms with E-state index in [1.807, 2.05) is 0 Å². The first kappa shape index (κ1) is 29.4. The van der Waals surface area contributed by atoms with Crippen molar-refractivity contribution in [1.82, 2.24) is 15.2 Å². The molecule has 2 aliphatic rings. The first-order valence-electron chi connectivity index (χ1n) is 13.1. The quantitative estimate of drug-likeness (QED) is 0.424. The van der Waals surface area contributed by atoms with E-state index in [1.54, 1.807) is 0 Å². The Kier molecular flexibility index (Phi) is 9.02. The van der Waals surface area contributed by atoms with E-state index in [2.05, 4.69) is 10.6 Å². The van der Waals surface area contributed by atoms with Crippen molar-refractivity contribution in [3.8, 4) is 5.75 Å². The van der Waals surface area contributed by atoms with E-state index in [9.17, 15) is 28.3 Å². The van der Waals surface area contributed by atoms with Crippen molar-refractivity contribution in [3.05, 3.63) is 58.0 Å². The van der Waals surface area contributed by atoms with Crippen LogP contribution >= 0.6 is 0 Å². The number of carbonyl (C=O) groups excluding carboxylic acids is 2. The Morgan fingerprint density at radius 2 is 1.77 bits per heavy atom. The molecule has 13 heteroatoms. The van der Waals surface area contributed by atoms with E-state index in [-0.39, 0.29) is 37.4 Å². The normalized spacial score (nSPS) is 24.9. The van der Waals surface area contributed by atoms with E-state index < -0.39 is 71.1 Å². The average molecular weight is 569 g/mol. The highest BCUT2D eigenvalue weighted by Gasteiger charge is 2.50. The Morgan fingerprint density at radius 1 is 1.12 bits per heavy atom. The van der Waals surface area contributed by atoms with Crippen LogP contribution in [0.5, 0.6) is 5.75 Å². The number of carbonyl (C=O) groups is 2. The molecule has 3 amide bonds. The molecule has 1 aliphatic carbocycles. The van der Waals surface area contributed by atoms with Crippen LogP contribution in [0.2, 0.25) is 0 Å². The Labute approximate surface area is 228 Å². The third kappa shape index (κ3) is 5.79. The summed E-state index contributed by atoms with van der Waals surface area (Å²) in [5.74, 6) is -4.81. The van der Waals surface area contributed by atoms with Crippen LogP contribution < -0.4 is 25.8 Å². The number of benzene rings is 1. The molecule has 1 aliphatic heterocycles. The van der Waals surface area contributed by atoms with Gasteiger partial charge in [0, 0.05) is 54.4 Å². The maximum atomic E-state index is 15.3. The number of aliphatic hydroxyl groups excluding tert-OH is 1. The highest BCUT2D eigenvalue weighted by molar-refractivity contribution is 6.03. The number of aromatic nitrogens is 1. The van der Waals surface area contributed by atoms with Crippen LogP contribution in [0, 0.1) is 17.6 Å². The molecule has 4 rings (SSSR count). The smallest absolute Gasteiger partial charge is 0.315 e. The molecule has 0 spiro atoms. The van der Waals surface area contributed by atoms with Crippen molar-refractivity contribution in [2.45, 2.75) is 69.6 Å². The van der Waals surface area contributed by atoms with Crippen molar-refractivity contribution < 1.29 is 37.0 Å². The van der Waals surface area contributed by atoms with Gasteiger partial charge in [0.15, 0.2) is 0 Å². The molecule has 1 aromatic heterocycles. The minimum Gasteiger partial charge on any atom is -0.497 e. The van der Waals surface area contributed by atoms with Gasteiger partial charge in [-0.05, 0) is 44.7 Å². The molecule has 0 unspecified atom stereocenters. The lowest BCUT2D eigenvalue weighted by Crippen LogP contribution is -2.51. The number of aliphatic hydroxyl groups is 1. The van der Waals surface area contributed by atoms with Crippen molar-refractivity contribution in [1.29, 1.82) is 0 Å². The molecule has 2 fully saturated rings. The molecule has 40 heavy (non-hydrogen) atoms. The van der Waals surface area contributed by atoms with Crippen molar-refractivity contribution in [2.75, 3.05) is 18.6 Å². The number of urea groups is 1. The lowest BCUT2D eigenvalue weighted by Gasteiger charge is -2.29. The van der Waals surface area contributed by atoms with Gasteiger partial charge >= 0.3 is 6.03 Å². The predicted octanol–water partition coefficient (Wildman–Crippen LogP) is 3.14. The number of ether oxygens (including phenoxy) is 1. The summed E-state index contributed by atoms with van der Waals surface area (Å²) in [5, 5.41) is 14.5. The van der Waals surface area contributed by atoms with Crippen LogP contribution in [0.15, 0.2) is 35.3 Å². The average Bonchev–Trinajstić information content (AvgIpc) is 3.14. The SMILES string of the molecule is COc1cc(F)c([C@H]2[C@H](NC(=O)NC3CCC(C(F)F)CC3)C(=O)N(c3cccn(CCO)c3=O)[C@H]2C)c(F)c1. The number of methoxy groups -OCH3 is 1. The van der Waals surface area contributed by atoms with Gasteiger partial charge in [0.2, 0.25) is 6.43 Å². The van der Waals surface area contributed by atoms with Crippen molar-refractivity contribution in [3.63, 3.8) is 0 Å². The van der Waals surface area contributed by atoms with Crippen molar-refractivity contribution >= 4 is 17.6 Å². The van der Waals surface area contributed by atoms with Crippen molar-refractivity contribution in [2.24, 2.45) is 5.92 Å². The van der Waals surface area contributed by atoms with Crippen LogP contribution in [0.3, 0.4) is 0 Å². The number of nitrogens with one attached hydrogen (secondary N) is 2. The summed E-state index contributed by atoms with van der Waals surface area (Å²) in [4.78, 5) is 40.9. The number of hydrogen-bond donors (Lipinski definition) is 3. The van der Waals surface area contributed by atoms with Gasteiger partial charge in [0.25, 0.3) is 11.5 Å². The number of hydrogen-bond acceptors (Lipinski definition) is 5. The van der Waals surface area contributed by atoms with E-state index in [4.69, 9.17) is 4.74 Å². The molecule has 2 heterocycles. The number of anilines is 1. The molecule has 1 saturated carbocycles. The number of alkyl halides is 2. The summed E-state index contributed by atoms with van der Waals surface area (Å²) in [5.41, 5.74) is -1.15. The first-order chi connectivity index (χ1) is 19.1. The maximum Gasteiger partial charge on any atom is 0.315 e. The topological polar surface area (TPSA) is 113 Å². The fourth-order valence-corrected chi connectivity index (χ4v) is 5.71. The molecular weight excluding hydrogens is 536 g/mol. The Bertz CT molecular complexity index is 1270. The zero-order valence-electron chi connectivity index (χ0n) is 22.1. The molecule has 3 N–H and O–H groups in total. The molecule has 0 radical (unpaired) electrons. The highest BCUT2D eigenvalue weighted by Crippen LogP contribution is 2.40. The van der Waals surface area contributed by atoms with E-state index in [0.717, 1.165) is 17.0 Å². The van der Waals surface area contributed by atoms with E-state index >= 15 is 8.78 Å². The lowest BCUT2D eigenvalue weighted by atomic mass is 9.86. The van der Waals surface area contributed by atoms with Gasteiger partial charge in [-0.3, -0.25) is 9.59 Å². The second kappa shape index (κ2) is 12.3. The largest absolute Gasteiger partial charge is 0.497 e. The number of nitrogens with zero attached hydrogens (tertiary/aromatic N) is 2. The van der Waals surface area contributed by atoms with Gasteiger partial charge in [-0.15, -0.1) is 0 Å². The van der Waals surface area contributed by atoms with E-state index in [0.29, 0.717) is 12.8 Å². The van der Waals surface area contributed by atoms with Gasteiger partial charge in [-0.1, -0.05) is 0 Å². The highest BCUT2D eigenvalue weighted by atomic mass is 19.3. The third-order valence-corrected chi connectivity index (χ3v) is 7.76. The van der Waals surface area contributed by atoms with E-state index in [1.165, 1.54) is 36.9 Å². The minimum absolute atomic E-state index is 0.0356. The number of halogens is 4. The van der Waals surface area contributed by atoms with Crippen LogP contribution in [0.4, 0.5) is 28.0 Å². The number of amides is 3. The molecule has 218 valence electrons. The number of rotatable bonds is 8. The second-order valence-corrected chi connectivity index (χ2v) is 10.1. The Morgan fingerprint density at radius 3 is 2.35 bits per heavy atom. The molecular formula is C27H32F4N4O5. The standard InChI is InChI=1S/C27H32F4N4O5/c1-14-21(22-18(28)12-17(40-2)13-19(22)29)23(33-27(39)32-16-7-5-15(6-8-16)24(30)31)26(38)35(14)20-4-3-9-34(10-11-36)25(20)37/h3-4,9,12-16,21,23-24,36H,5-8,10-11H2,1-2H3,(H2,32,33,39)/t14-,15?,16?,21-,23-/m0/s1. The van der Waals surface area contributed by atoms with Crippen LogP contribution in [-0.4, -0.2) is 59.9 Å². The molecule has 0 bridgehead atoms. The minimum atomic E-state index is -2.44. The Balaban J connectivity index is 1.67. The van der Waals surface area contributed by atoms with Gasteiger partial charge in [0.05, 0.1) is 13.7 Å². The van der Waals surface area contributed by atoms with Crippen LogP contribution in [-0.2, 0) is 11.3 Å². The first-order valence-corrected chi connectivity index (χ1v) is 13.1. The van der Waals surface area contributed by atoms with Gasteiger partial charge in [0.1, 0.15) is 29.1 Å². The predicted molar refractivity (Wildman–Crippen MR) is 138 cm³/mol. The molecule has 1 saturated heterocycles. The molecule has 9 nitrogen and oxygen atoms in total. The molecule has 1 aromatic carbocycles. The van der Waals surface area contributed by atoms with Crippen LogP contribution in [0.25, 0.3) is 0 Å². The summed E-state index contributed by atoms with van der Waals surface area (Å²) in [6.07, 6.45) is 0.100. The summed E-state index contributed by atoms with van der Waals surface area (Å²) in [6.45, 7) is 1.15.